The molecule has 0 saturated carbocycles. The largest absolute Gasteiger partial charge is 0.357 e. The molecule has 0 spiro atoms. The predicted molar refractivity (Wildman–Crippen MR) is 62.6 cm³/mol. The highest BCUT2D eigenvalue weighted by Gasteiger charge is 2.12. The van der Waals surface area contributed by atoms with Crippen LogP contribution in [0.2, 0.25) is 0 Å². The predicted octanol–water partition coefficient (Wildman–Crippen LogP) is 1.39. The van der Waals surface area contributed by atoms with Gasteiger partial charge in [0.15, 0.2) is 0 Å². The number of anilines is 2. The molecule has 0 aliphatic rings. The van der Waals surface area contributed by atoms with Crippen LogP contribution >= 0.6 is 0 Å². The molecule has 1 heterocycles. The van der Waals surface area contributed by atoms with Crippen LogP contribution in [0.15, 0.2) is 12.4 Å². The monoisotopic (exact) mass is 209 g/mol. The highest BCUT2D eigenvalue weighted by molar-refractivity contribution is 5.47. The normalized spacial score (nSPS) is 10.5. The maximum absolute atomic E-state index is 5.30. The summed E-state index contributed by atoms with van der Waals surface area (Å²) >= 11 is 0. The Bertz CT molecular complexity index is 298. The van der Waals surface area contributed by atoms with Crippen LogP contribution in [0.4, 0.5) is 11.6 Å². The highest BCUT2D eigenvalue weighted by Crippen LogP contribution is 2.17. The van der Waals surface area contributed by atoms with E-state index < -0.39 is 0 Å². The second kappa shape index (κ2) is 5.50. The molecule has 5 nitrogen and oxygen atoms in total. The zero-order valence-corrected chi connectivity index (χ0v) is 9.57. The van der Waals surface area contributed by atoms with Crippen LogP contribution in [0.1, 0.15) is 26.7 Å². The number of hydrogen-bond acceptors (Lipinski definition) is 5. The molecular formula is C10H19N5. The minimum Gasteiger partial charge on any atom is -0.357 e. The van der Waals surface area contributed by atoms with Crippen molar-refractivity contribution >= 4 is 11.6 Å². The summed E-state index contributed by atoms with van der Waals surface area (Å²) < 4.78 is 0. The van der Waals surface area contributed by atoms with Crippen molar-refractivity contribution in [3.63, 3.8) is 0 Å². The maximum Gasteiger partial charge on any atom is 0.145 e. The molecule has 0 aliphatic carbocycles. The lowest BCUT2D eigenvalue weighted by Gasteiger charge is -2.27. The third-order valence-electron chi connectivity index (χ3n) is 2.65. The first kappa shape index (κ1) is 11.7. The third-order valence-corrected chi connectivity index (χ3v) is 2.65. The van der Waals surface area contributed by atoms with E-state index in [4.69, 9.17) is 5.84 Å². The lowest BCUT2D eigenvalue weighted by Crippen LogP contribution is -2.31. The standard InChI is InChI=1S/C10H19N5/c1-4-8(5-2)15(3)10-6-9(14-11)12-7-13-10/h6-8H,4-5,11H2,1-3H3,(H,12,13,14). The number of rotatable bonds is 5. The average Bonchev–Trinajstić information content (AvgIpc) is 2.30. The van der Waals surface area contributed by atoms with E-state index in [1.165, 1.54) is 6.33 Å². The first-order valence-electron chi connectivity index (χ1n) is 5.24. The first-order chi connectivity index (χ1) is 7.22. The van der Waals surface area contributed by atoms with Crippen molar-refractivity contribution in [2.24, 2.45) is 5.84 Å². The second-order valence-corrected chi connectivity index (χ2v) is 3.49. The number of nitrogens with one attached hydrogen (secondary N) is 1. The summed E-state index contributed by atoms with van der Waals surface area (Å²) in [5, 5.41) is 0. The van der Waals surface area contributed by atoms with Gasteiger partial charge in [0.1, 0.15) is 18.0 Å². The summed E-state index contributed by atoms with van der Waals surface area (Å²) in [4.78, 5) is 10.4. The first-order valence-corrected chi connectivity index (χ1v) is 5.24. The maximum atomic E-state index is 5.30. The van der Waals surface area contributed by atoms with E-state index >= 15 is 0 Å². The Hall–Kier alpha value is -1.36. The van der Waals surface area contributed by atoms with Crippen LogP contribution in [0.3, 0.4) is 0 Å². The van der Waals surface area contributed by atoms with Crippen molar-refractivity contribution < 1.29 is 0 Å². The van der Waals surface area contributed by atoms with Gasteiger partial charge in [-0.25, -0.2) is 15.8 Å². The van der Waals surface area contributed by atoms with Gasteiger partial charge in [-0.15, -0.1) is 0 Å². The molecule has 0 unspecified atom stereocenters. The summed E-state index contributed by atoms with van der Waals surface area (Å²) in [7, 11) is 2.04. The van der Waals surface area contributed by atoms with Crippen molar-refractivity contribution in [1.29, 1.82) is 0 Å². The average molecular weight is 209 g/mol. The molecule has 84 valence electrons. The summed E-state index contributed by atoms with van der Waals surface area (Å²) in [6.45, 7) is 4.35. The van der Waals surface area contributed by atoms with Gasteiger partial charge >= 0.3 is 0 Å². The van der Waals surface area contributed by atoms with Crippen LogP contribution in [0.5, 0.6) is 0 Å². The molecule has 0 saturated heterocycles. The van der Waals surface area contributed by atoms with E-state index in [-0.39, 0.29) is 0 Å². The fourth-order valence-corrected chi connectivity index (χ4v) is 1.64. The van der Waals surface area contributed by atoms with Crippen molar-refractivity contribution in [2.45, 2.75) is 32.7 Å². The van der Waals surface area contributed by atoms with Crippen LogP contribution in [0.25, 0.3) is 0 Å². The van der Waals surface area contributed by atoms with Crippen LogP contribution in [0, 0.1) is 0 Å². The van der Waals surface area contributed by atoms with E-state index in [9.17, 15) is 0 Å². The summed E-state index contributed by atoms with van der Waals surface area (Å²) in [6, 6.07) is 2.35. The minimum atomic E-state index is 0.505. The zero-order valence-electron chi connectivity index (χ0n) is 9.57. The molecule has 0 aliphatic heterocycles. The lowest BCUT2D eigenvalue weighted by molar-refractivity contribution is 0.586. The SMILES string of the molecule is CCC(CC)N(C)c1cc(NN)ncn1. The molecule has 1 rings (SSSR count). The Labute approximate surface area is 90.7 Å². The fourth-order valence-electron chi connectivity index (χ4n) is 1.64. The highest BCUT2D eigenvalue weighted by atomic mass is 15.3. The number of hydrazine groups is 1. The van der Waals surface area contributed by atoms with Gasteiger partial charge in [0.25, 0.3) is 0 Å². The van der Waals surface area contributed by atoms with Gasteiger partial charge in [-0.2, -0.15) is 0 Å². The van der Waals surface area contributed by atoms with E-state index in [0.29, 0.717) is 11.9 Å². The molecule has 3 N–H and O–H groups in total. The lowest BCUT2D eigenvalue weighted by atomic mass is 10.1. The van der Waals surface area contributed by atoms with Gasteiger partial charge < -0.3 is 10.3 Å². The molecular weight excluding hydrogens is 190 g/mol. The molecule has 15 heavy (non-hydrogen) atoms. The quantitative estimate of drug-likeness (QED) is 0.566. The van der Waals surface area contributed by atoms with Crippen molar-refractivity contribution in [2.75, 3.05) is 17.4 Å². The van der Waals surface area contributed by atoms with Crippen molar-refractivity contribution in [3.05, 3.63) is 12.4 Å². The molecule has 0 atom stereocenters. The second-order valence-electron chi connectivity index (χ2n) is 3.49. The Balaban J connectivity index is 2.84. The van der Waals surface area contributed by atoms with E-state index in [1.807, 2.05) is 13.1 Å². The Morgan fingerprint density at radius 3 is 2.60 bits per heavy atom. The molecule has 0 fully saturated rings. The van der Waals surface area contributed by atoms with Crippen molar-refractivity contribution in [3.8, 4) is 0 Å². The Morgan fingerprint density at radius 2 is 2.07 bits per heavy atom. The molecule has 0 radical (unpaired) electrons. The fraction of sp³-hybridized carbons (Fsp3) is 0.600. The molecule has 0 bridgehead atoms. The topological polar surface area (TPSA) is 67.1 Å². The molecule has 5 heteroatoms. The van der Waals surface area contributed by atoms with Gasteiger partial charge in [-0.05, 0) is 12.8 Å². The smallest absolute Gasteiger partial charge is 0.145 e. The van der Waals surface area contributed by atoms with Gasteiger partial charge in [0.2, 0.25) is 0 Å². The number of nitrogens with two attached hydrogens (primary N) is 1. The third kappa shape index (κ3) is 2.79. The van der Waals surface area contributed by atoms with E-state index in [2.05, 4.69) is 34.1 Å². The summed E-state index contributed by atoms with van der Waals surface area (Å²) in [5.74, 6) is 6.83. The van der Waals surface area contributed by atoms with E-state index in [0.717, 1.165) is 18.7 Å². The molecule has 0 amide bonds. The summed E-state index contributed by atoms with van der Waals surface area (Å²) in [5.41, 5.74) is 2.52. The Morgan fingerprint density at radius 1 is 1.40 bits per heavy atom. The van der Waals surface area contributed by atoms with Gasteiger partial charge in [0.05, 0.1) is 0 Å². The van der Waals surface area contributed by atoms with E-state index in [1.54, 1.807) is 0 Å². The van der Waals surface area contributed by atoms with Gasteiger partial charge in [0, 0.05) is 19.2 Å². The number of nitrogen functional groups attached to an aromatic ring is 1. The van der Waals surface area contributed by atoms with Crippen molar-refractivity contribution in [1.82, 2.24) is 9.97 Å². The summed E-state index contributed by atoms with van der Waals surface area (Å²) in [6.07, 6.45) is 3.72. The number of nitrogens with zero attached hydrogens (tertiary/aromatic N) is 3. The Kier molecular flexibility index (Phi) is 4.30. The van der Waals surface area contributed by atoms with Gasteiger partial charge in [-0.3, -0.25) is 0 Å². The molecule has 0 aromatic carbocycles. The van der Waals surface area contributed by atoms with Crippen LogP contribution in [-0.2, 0) is 0 Å². The number of hydrogen-bond donors (Lipinski definition) is 2. The molecule has 1 aromatic heterocycles. The van der Waals surface area contributed by atoms with Gasteiger partial charge in [-0.1, -0.05) is 13.8 Å². The van der Waals surface area contributed by atoms with Crippen LogP contribution in [-0.4, -0.2) is 23.1 Å². The molecule has 1 aromatic rings. The zero-order chi connectivity index (χ0) is 11.3. The minimum absolute atomic E-state index is 0.505. The number of aromatic nitrogens is 2. The van der Waals surface area contributed by atoms with Crippen LogP contribution < -0.4 is 16.2 Å².